The Morgan fingerprint density at radius 2 is 2.07 bits per heavy atom. The van der Waals surface area contributed by atoms with Crippen LogP contribution in [0.3, 0.4) is 0 Å². The molecule has 1 N–H and O–H groups in total. The summed E-state index contributed by atoms with van der Waals surface area (Å²) >= 11 is 0. The van der Waals surface area contributed by atoms with Crippen molar-refractivity contribution < 1.29 is 5.11 Å². The molecule has 0 spiro atoms. The van der Waals surface area contributed by atoms with E-state index in [0.717, 1.165) is 0 Å². The van der Waals surface area contributed by atoms with E-state index in [-0.39, 0.29) is 6.61 Å². The largest absolute Gasteiger partial charge is 0.390 e. The molecule has 2 heterocycles. The van der Waals surface area contributed by atoms with Gasteiger partial charge in [-0.3, -0.25) is 0 Å². The van der Waals surface area contributed by atoms with Crippen molar-refractivity contribution in [3.63, 3.8) is 0 Å². The van der Waals surface area contributed by atoms with Gasteiger partial charge in [-0.15, -0.1) is 5.10 Å². The highest BCUT2D eigenvalue weighted by atomic mass is 16.3. The standard InChI is InChI=1S/C8H9N5O/c14-6-7-4-13(12-11-7)5-8-9-2-1-3-10-8/h1-4,14H,5-6H2. The summed E-state index contributed by atoms with van der Waals surface area (Å²) in [6.45, 7) is 0.365. The second-order valence-corrected chi connectivity index (χ2v) is 2.73. The molecule has 2 aromatic heterocycles. The zero-order chi connectivity index (χ0) is 9.80. The van der Waals surface area contributed by atoms with Gasteiger partial charge in [0.1, 0.15) is 18.1 Å². The molecule has 0 fully saturated rings. The first-order chi connectivity index (χ1) is 6.88. The van der Waals surface area contributed by atoms with Gasteiger partial charge in [-0.05, 0) is 6.07 Å². The lowest BCUT2D eigenvalue weighted by atomic mass is 10.5. The van der Waals surface area contributed by atoms with Crippen molar-refractivity contribution in [3.05, 3.63) is 36.2 Å². The Bertz CT molecular complexity index is 399. The van der Waals surface area contributed by atoms with Crippen LogP contribution in [-0.4, -0.2) is 30.1 Å². The van der Waals surface area contributed by atoms with Crippen LogP contribution in [0.5, 0.6) is 0 Å². The lowest BCUT2D eigenvalue weighted by Crippen LogP contribution is -2.04. The van der Waals surface area contributed by atoms with Crippen molar-refractivity contribution in [1.29, 1.82) is 0 Å². The van der Waals surface area contributed by atoms with Crippen LogP contribution in [0.15, 0.2) is 24.7 Å². The van der Waals surface area contributed by atoms with Gasteiger partial charge in [0.2, 0.25) is 0 Å². The van der Waals surface area contributed by atoms with Crippen LogP contribution in [0.1, 0.15) is 11.5 Å². The number of rotatable bonds is 3. The molecule has 6 nitrogen and oxygen atoms in total. The number of hydrogen-bond donors (Lipinski definition) is 1. The monoisotopic (exact) mass is 191 g/mol. The maximum Gasteiger partial charge on any atom is 0.149 e. The van der Waals surface area contributed by atoms with Crippen molar-refractivity contribution in [2.75, 3.05) is 0 Å². The molecule has 0 aliphatic rings. The Balaban J connectivity index is 2.11. The molecule has 0 aliphatic heterocycles. The fourth-order valence-electron chi connectivity index (χ4n) is 1.04. The highest BCUT2D eigenvalue weighted by molar-refractivity contribution is 4.93. The Labute approximate surface area is 80.2 Å². The highest BCUT2D eigenvalue weighted by Crippen LogP contribution is 1.95. The van der Waals surface area contributed by atoms with Crippen molar-refractivity contribution in [2.45, 2.75) is 13.2 Å². The number of aromatic nitrogens is 5. The van der Waals surface area contributed by atoms with E-state index >= 15 is 0 Å². The summed E-state index contributed by atoms with van der Waals surface area (Å²) in [6, 6.07) is 1.75. The highest BCUT2D eigenvalue weighted by Gasteiger charge is 2.00. The first kappa shape index (κ1) is 8.76. The van der Waals surface area contributed by atoms with Gasteiger partial charge in [0.15, 0.2) is 0 Å². The van der Waals surface area contributed by atoms with Crippen LogP contribution in [0.25, 0.3) is 0 Å². The van der Waals surface area contributed by atoms with Crippen molar-refractivity contribution in [1.82, 2.24) is 25.0 Å². The van der Waals surface area contributed by atoms with Gasteiger partial charge in [-0.1, -0.05) is 5.21 Å². The molecule has 0 amide bonds. The predicted molar refractivity (Wildman–Crippen MR) is 47.1 cm³/mol. The molecule has 0 unspecified atom stereocenters. The number of aliphatic hydroxyl groups excluding tert-OH is 1. The lowest BCUT2D eigenvalue weighted by Gasteiger charge is -1.96. The van der Waals surface area contributed by atoms with Crippen molar-refractivity contribution in [3.8, 4) is 0 Å². The van der Waals surface area contributed by atoms with Gasteiger partial charge in [0.05, 0.1) is 12.8 Å². The third-order valence-electron chi connectivity index (χ3n) is 1.67. The third kappa shape index (κ3) is 1.91. The van der Waals surface area contributed by atoms with E-state index in [1.165, 1.54) is 0 Å². The van der Waals surface area contributed by atoms with E-state index in [0.29, 0.717) is 18.1 Å². The van der Waals surface area contributed by atoms with Crippen LogP contribution in [-0.2, 0) is 13.2 Å². The van der Waals surface area contributed by atoms with Crippen LogP contribution >= 0.6 is 0 Å². The molecule has 0 bridgehead atoms. The summed E-state index contributed by atoms with van der Waals surface area (Å²) in [7, 11) is 0. The normalized spacial score (nSPS) is 10.4. The van der Waals surface area contributed by atoms with Crippen LogP contribution in [0.4, 0.5) is 0 Å². The molecule has 14 heavy (non-hydrogen) atoms. The molecular weight excluding hydrogens is 182 g/mol. The summed E-state index contributed by atoms with van der Waals surface area (Å²) < 4.78 is 1.58. The van der Waals surface area contributed by atoms with Gasteiger partial charge < -0.3 is 5.11 Å². The minimum atomic E-state index is -0.102. The Kier molecular flexibility index (Phi) is 2.46. The van der Waals surface area contributed by atoms with Gasteiger partial charge in [-0.25, -0.2) is 14.6 Å². The molecule has 0 aromatic carbocycles. The second kappa shape index (κ2) is 3.93. The fraction of sp³-hybridized carbons (Fsp3) is 0.250. The quantitative estimate of drug-likeness (QED) is 0.714. The molecule has 6 heteroatoms. The molecular formula is C8H9N5O. The van der Waals surface area contributed by atoms with Crippen LogP contribution in [0, 0.1) is 0 Å². The molecule has 0 aliphatic carbocycles. The minimum absolute atomic E-state index is 0.102. The molecule has 0 saturated carbocycles. The van der Waals surface area contributed by atoms with Gasteiger partial charge in [-0.2, -0.15) is 0 Å². The first-order valence-electron chi connectivity index (χ1n) is 4.14. The predicted octanol–water partition coefficient (Wildman–Crippen LogP) is -0.391. The van der Waals surface area contributed by atoms with E-state index in [2.05, 4.69) is 20.3 Å². The Morgan fingerprint density at radius 3 is 2.71 bits per heavy atom. The maximum atomic E-state index is 8.77. The molecule has 2 aromatic rings. The SMILES string of the molecule is OCc1cn(Cc2ncccn2)nn1. The summed E-state index contributed by atoms with van der Waals surface area (Å²) in [5, 5.41) is 16.3. The lowest BCUT2D eigenvalue weighted by molar-refractivity contribution is 0.276. The summed E-state index contributed by atoms with van der Waals surface area (Å²) in [5.74, 6) is 0.668. The van der Waals surface area contributed by atoms with Crippen LogP contribution < -0.4 is 0 Å². The number of nitrogens with zero attached hydrogens (tertiary/aromatic N) is 5. The molecule has 2 rings (SSSR count). The summed E-state index contributed by atoms with van der Waals surface area (Å²) in [5.41, 5.74) is 0.543. The van der Waals surface area contributed by atoms with Gasteiger partial charge in [0.25, 0.3) is 0 Å². The first-order valence-corrected chi connectivity index (χ1v) is 4.14. The summed E-state index contributed by atoms with van der Waals surface area (Å²) in [6.07, 6.45) is 5.01. The van der Waals surface area contributed by atoms with Gasteiger partial charge in [0, 0.05) is 12.4 Å². The molecule has 72 valence electrons. The average molecular weight is 191 g/mol. The summed E-state index contributed by atoms with van der Waals surface area (Å²) in [4.78, 5) is 8.09. The fourth-order valence-corrected chi connectivity index (χ4v) is 1.04. The topological polar surface area (TPSA) is 76.7 Å². The van der Waals surface area contributed by atoms with E-state index in [9.17, 15) is 0 Å². The molecule has 0 saturated heterocycles. The molecule has 0 radical (unpaired) electrons. The zero-order valence-electron chi connectivity index (χ0n) is 7.41. The smallest absolute Gasteiger partial charge is 0.149 e. The van der Waals surface area contributed by atoms with E-state index in [1.54, 1.807) is 29.3 Å². The minimum Gasteiger partial charge on any atom is -0.390 e. The van der Waals surface area contributed by atoms with Crippen LogP contribution in [0.2, 0.25) is 0 Å². The maximum absolute atomic E-state index is 8.77. The Morgan fingerprint density at radius 1 is 1.29 bits per heavy atom. The zero-order valence-corrected chi connectivity index (χ0v) is 7.41. The van der Waals surface area contributed by atoms with Crippen molar-refractivity contribution in [2.24, 2.45) is 0 Å². The van der Waals surface area contributed by atoms with Gasteiger partial charge >= 0.3 is 0 Å². The van der Waals surface area contributed by atoms with E-state index in [4.69, 9.17) is 5.11 Å². The second-order valence-electron chi connectivity index (χ2n) is 2.73. The Hall–Kier alpha value is -1.82. The number of aliphatic hydroxyl groups is 1. The van der Waals surface area contributed by atoms with E-state index in [1.807, 2.05) is 0 Å². The average Bonchev–Trinajstić information content (AvgIpc) is 2.67. The number of hydrogen-bond acceptors (Lipinski definition) is 5. The third-order valence-corrected chi connectivity index (χ3v) is 1.67. The van der Waals surface area contributed by atoms with E-state index < -0.39 is 0 Å². The van der Waals surface area contributed by atoms with Crippen molar-refractivity contribution >= 4 is 0 Å². The molecule has 0 atom stereocenters.